The van der Waals surface area contributed by atoms with Crippen LogP contribution in [0.3, 0.4) is 0 Å². The van der Waals surface area contributed by atoms with Gasteiger partial charge in [-0.3, -0.25) is 13.9 Å². The van der Waals surface area contributed by atoms with Crippen LogP contribution in [0.4, 0.5) is 14.5 Å². The van der Waals surface area contributed by atoms with E-state index in [1.807, 2.05) is 6.92 Å². The normalized spacial score (nSPS) is 12.2. The topological polar surface area (TPSA) is 86.8 Å². The first-order valence-electron chi connectivity index (χ1n) is 11.8. The van der Waals surface area contributed by atoms with Crippen molar-refractivity contribution < 1.29 is 26.8 Å². The maximum atomic E-state index is 13.7. The van der Waals surface area contributed by atoms with E-state index in [-0.39, 0.29) is 43.4 Å². The van der Waals surface area contributed by atoms with E-state index in [4.69, 9.17) is 23.2 Å². The van der Waals surface area contributed by atoms with Crippen molar-refractivity contribution in [3.05, 3.63) is 63.6 Å². The number of carbonyl (C=O) groups is 2. The fourth-order valence-corrected chi connectivity index (χ4v) is 5.04. The first-order valence-corrected chi connectivity index (χ1v) is 14.4. The molecule has 0 saturated heterocycles. The monoisotopic (exact) mass is 577 g/mol. The predicted octanol–water partition coefficient (Wildman–Crippen LogP) is 5.15. The third-order valence-corrected chi connectivity index (χ3v) is 7.55. The van der Waals surface area contributed by atoms with E-state index in [1.165, 1.54) is 4.90 Å². The molecule has 204 valence electrons. The van der Waals surface area contributed by atoms with Crippen LogP contribution < -0.4 is 9.62 Å². The molecule has 0 radical (unpaired) electrons. The Morgan fingerprint density at radius 3 is 2.30 bits per heavy atom. The molecule has 0 aliphatic carbocycles. The van der Waals surface area contributed by atoms with Gasteiger partial charge in [0.1, 0.15) is 6.04 Å². The Morgan fingerprint density at radius 2 is 1.73 bits per heavy atom. The highest BCUT2D eigenvalue weighted by Crippen LogP contribution is 2.25. The lowest BCUT2D eigenvalue weighted by molar-refractivity contribution is -0.141. The number of benzene rings is 2. The molecular formula is C25H31Cl2F2N3O4S. The number of anilines is 1. The molecular weight excluding hydrogens is 547 g/mol. The molecule has 0 fully saturated rings. The van der Waals surface area contributed by atoms with Crippen molar-refractivity contribution in [2.24, 2.45) is 0 Å². The SMILES string of the molecule is CCCNC(=O)C(CC)N(Cc1ccc(Cl)c(Cl)c1)C(=O)CCCN(c1ccc(F)c(F)c1)S(C)(=O)=O. The van der Waals surface area contributed by atoms with Gasteiger partial charge in [-0.05, 0) is 49.1 Å². The van der Waals surface area contributed by atoms with Gasteiger partial charge >= 0.3 is 0 Å². The maximum Gasteiger partial charge on any atom is 0.242 e. The van der Waals surface area contributed by atoms with Crippen LogP contribution in [0.5, 0.6) is 0 Å². The number of rotatable bonds is 13. The summed E-state index contributed by atoms with van der Waals surface area (Å²) in [5.41, 5.74) is 0.621. The zero-order valence-electron chi connectivity index (χ0n) is 20.9. The molecule has 37 heavy (non-hydrogen) atoms. The van der Waals surface area contributed by atoms with Crippen LogP contribution in [0.25, 0.3) is 0 Å². The van der Waals surface area contributed by atoms with E-state index in [1.54, 1.807) is 25.1 Å². The third kappa shape index (κ3) is 8.83. The smallest absolute Gasteiger partial charge is 0.242 e. The van der Waals surface area contributed by atoms with Crippen molar-refractivity contribution in [1.29, 1.82) is 0 Å². The van der Waals surface area contributed by atoms with Crippen LogP contribution in [0.1, 0.15) is 45.1 Å². The molecule has 12 heteroatoms. The second kappa shape index (κ2) is 13.9. The van der Waals surface area contributed by atoms with Crippen molar-refractivity contribution in [2.45, 2.75) is 52.1 Å². The molecule has 1 unspecified atom stereocenters. The minimum atomic E-state index is -3.84. The first kappa shape index (κ1) is 30.8. The molecule has 2 amide bonds. The summed E-state index contributed by atoms with van der Waals surface area (Å²) in [5.74, 6) is -2.95. The Labute approximate surface area is 226 Å². The molecule has 2 aromatic rings. The summed E-state index contributed by atoms with van der Waals surface area (Å²) >= 11 is 12.1. The predicted molar refractivity (Wildman–Crippen MR) is 142 cm³/mol. The standard InChI is InChI=1S/C25H31Cl2F2N3O4S/c1-4-12-30-25(34)23(5-2)31(16-17-8-10-19(26)20(27)14-17)24(33)7-6-13-32(37(3,35)36)18-9-11-21(28)22(29)15-18/h8-11,14-15,23H,4-7,12-13,16H2,1-3H3,(H,30,34). The van der Waals surface area contributed by atoms with Gasteiger partial charge in [-0.25, -0.2) is 17.2 Å². The summed E-state index contributed by atoms with van der Waals surface area (Å²) in [6.07, 6.45) is 2.02. The number of carbonyl (C=O) groups excluding carboxylic acids is 2. The molecule has 0 spiro atoms. The number of halogens is 4. The number of nitrogens with zero attached hydrogens (tertiary/aromatic N) is 2. The van der Waals surface area contributed by atoms with Crippen LogP contribution >= 0.6 is 23.2 Å². The fourth-order valence-electron chi connectivity index (χ4n) is 3.76. The molecule has 1 N–H and O–H groups in total. The van der Waals surface area contributed by atoms with Crippen LogP contribution in [0.2, 0.25) is 10.0 Å². The van der Waals surface area contributed by atoms with Crippen LogP contribution in [-0.2, 0) is 26.2 Å². The molecule has 2 rings (SSSR count). The Hall–Kier alpha value is -2.43. The highest BCUT2D eigenvalue weighted by atomic mass is 35.5. The summed E-state index contributed by atoms with van der Waals surface area (Å²) in [7, 11) is -3.84. The van der Waals surface area contributed by atoms with E-state index in [0.29, 0.717) is 28.6 Å². The lowest BCUT2D eigenvalue weighted by Gasteiger charge is -2.31. The van der Waals surface area contributed by atoms with E-state index < -0.39 is 27.7 Å². The second-order valence-electron chi connectivity index (χ2n) is 8.52. The van der Waals surface area contributed by atoms with Gasteiger partial charge in [-0.15, -0.1) is 0 Å². The molecule has 0 aromatic heterocycles. The van der Waals surface area contributed by atoms with E-state index in [9.17, 15) is 26.8 Å². The number of hydrogen-bond donors (Lipinski definition) is 1. The Kier molecular flexibility index (Phi) is 11.6. The lowest BCUT2D eigenvalue weighted by atomic mass is 10.1. The van der Waals surface area contributed by atoms with Gasteiger partial charge in [0, 0.05) is 32.1 Å². The molecule has 0 aliphatic heterocycles. The average molecular weight is 579 g/mol. The highest BCUT2D eigenvalue weighted by Gasteiger charge is 2.29. The molecule has 2 aromatic carbocycles. The maximum absolute atomic E-state index is 13.7. The minimum absolute atomic E-state index is 0.0492. The summed E-state index contributed by atoms with van der Waals surface area (Å²) < 4.78 is 52.6. The average Bonchev–Trinajstić information content (AvgIpc) is 2.83. The van der Waals surface area contributed by atoms with E-state index in [2.05, 4.69) is 5.32 Å². The Balaban J connectivity index is 2.24. The van der Waals surface area contributed by atoms with Crippen LogP contribution in [0.15, 0.2) is 36.4 Å². The summed E-state index contributed by atoms with van der Waals surface area (Å²) in [5, 5.41) is 3.48. The molecule has 0 heterocycles. The molecule has 1 atom stereocenters. The first-order chi connectivity index (χ1) is 17.4. The van der Waals surface area contributed by atoms with Gasteiger partial charge in [-0.1, -0.05) is 43.1 Å². The third-order valence-electron chi connectivity index (χ3n) is 5.62. The number of amides is 2. The molecule has 0 bridgehead atoms. The number of hydrogen-bond acceptors (Lipinski definition) is 4. The quantitative estimate of drug-likeness (QED) is 0.356. The van der Waals surface area contributed by atoms with Gasteiger partial charge in [-0.2, -0.15) is 0 Å². The fraction of sp³-hybridized carbons (Fsp3) is 0.440. The summed E-state index contributed by atoms with van der Waals surface area (Å²) in [6.45, 7) is 4.11. The van der Waals surface area contributed by atoms with Crippen molar-refractivity contribution >= 4 is 50.7 Å². The Morgan fingerprint density at radius 1 is 1.03 bits per heavy atom. The lowest BCUT2D eigenvalue weighted by Crippen LogP contribution is -2.49. The molecule has 7 nitrogen and oxygen atoms in total. The zero-order valence-corrected chi connectivity index (χ0v) is 23.3. The minimum Gasteiger partial charge on any atom is -0.354 e. The highest BCUT2D eigenvalue weighted by molar-refractivity contribution is 7.92. The number of sulfonamides is 1. The van der Waals surface area contributed by atoms with Crippen molar-refractivity contribution in [3.63, 3.8) is 0 Å². The second-order valence-corrected chi connectivity index (χ2v) is 11.2. The van der Waals surface area contributed by atoms with Crippen LogP contribution in [0, 0.1) is 11.6 Å². The summed E-state index contributed by atoms with van der Waals surface area (Å²) in [4.78, 5) is 27.6. The Bertz CT molecular complexity index is 1210. The van der Waals surface area contributed by atoms with Gasteiger partial charge < -0.3 is 10.2 Å². The van der Waals surface area contributed by atoms with E-state index in [0.717, 1.165) is 35.2 Å². The largest absolute Gasteiger partial charge is 0.354 e. The zero-order chi connectivity index (χ0) is 27.8. The number of nitrogens with one attached hydrogen (secondary N) is 1. The summed E-state index contributed by atoms with van der Waals surface area (Å²) in [6, 6.07) is 6.96. The van der Waals surface area contributed by atoms with Crippen molar-refractivity contribution in [3.8, 4) is 0 Å². The van der Waals surface area contributed by atoms with Crippen molar-refractivity contribution in [2.75, 3.05) is 23.7 Å². The van der Waals surface area contributed by atoms with Gasteiger partial charge in [0.05, 0.1) is 22.0 Å². The molecule has 0 aliphatic rings. The van der Waals surface area contributed by atoms with Gasteiger partial charge in [0.25, 0.3) is 0 Å². The van der Waals surface area contributed by atoms with Gasteiger partial charge in [0.2, 0.25) is 21.8 Å². The van der Waals surface area contributed by atoms with Crippen LogP contribution in [-0.4, -0.2) is 50.5 Å². The van der Waals surface area contributed by atoms with Gasteiger partial charge in [0.15, 0.2) is 11.6 Å². The van der Waals surface area contributed by atoms with E-state index >= 15 is 0 Å². The molecule has 0 saturated carbocycles. The van der Waals surface area contributed by atoms with Crippen molar-refractivity contribution in [1.82, 2.24) is 10.2 Å².